The summed E-state index contributed by atoms with van der Waals surface area (Å²) < 4.78 is 5.68. The zero-order valence-corrected chi connectivity index (χ0v) is 15.2. The third kappa shape index (κ3) is 3.95. The molecular formula is C16H11Cl2N3O3S. The average molecular weight is 396 g/mol. The Morgan fingerprint density at radius 2 is 1.76 bits per heavy atom. The Kier molecular flexibility index (Phi) is 5.27. The van der Waals surface area contributed by atoms with Gasteiger partial charge in [-0.25, -0.2) is 0 Å². The van der Waals surface area contributed by atoms with Crippen LogP contribution in [0.2, 0.25) is 10.0 Å². The molecule has 0 aliphatic heterocycles. The van der Waals surface area contributed by atoms with E-state index in [1.165, 1.54) is 23.9 Å². The fraction of sp³-hybridized carbons (Fsp3) is 0.125. The fourth-order valence-electron chi connectivity index (χ4n) is 2.06. The number of non-ortho nitro benzene ring substituents is 1. The summed E-state index contributed by atoms with van der Waals surface area (Å²) in [4.78, 5) is 11.0. The van der Waals surface area contributed by atoms with Gasteiger partial charge < -0.3 is 4.42 Å². The first-order chi connectivity index (χ1) is 12.0. The average Bonchev–Trinajstić information content (AvgIpc) is 3.08. The van der Waals surface area contributed by atoms with Crippen LogP contribution in [0.4, 0.5) is 5.69 Å². The van der Waals surface area contributed by atoms with E-state index in [0.29, 0.717) is 27.4 Å². The number of nitro benzene ring substituents is 1. The van der Waals surface area contributed by atoms with Gasteiger partial charge in [0.1, 0.15) is 0 Å². The van der Waals surface area contributed by atoms with Crippen molar-refractivity contribution in [2.24, 2.45) is 0 Å². The molecule has 3 rings (SSSR count). The van der Waals surface area contributed by atoms with Crippen molar-refractivity contribution in [1.29, 1.82) is 0 Å². The monoisotopic (exact) mass is 395 g/mol. The van der Waals surface area contributed by atoms with E-state index in [1.807, 2.05) is 6.92 Å². The van der Waals surface area contributed by atoms with Gasteiger partial charge >= 0.3 is 0 Å². The lowest BCUT2D eigenvalue weighted by atomic mass is 10.2. The number of aromatic nitrogens is 2. The highest BCUT2D eigenvalue weighted by atomic mass is 35.5. The molecule has 1 atom stereocenters. The zero-order valence-electron chi connectivity index (χ0n) is 12.8. The number of halogens is 2. The number of hydrogen-bond donors (Lipinski definition) is 0. The van der Waals surface area contributed by atoms with Gasteiger partial charge in [-0.2, -0.15) is 0 Å². The Morgan fingerprint density at radius 1 is 1.12 bits per heavy atom. The molecule has 0 bridgehead atoms. The summed E-state index contributed by atoms with van der Waals surface area (Å²) >= 11 is 13.8. The second-order valence-electron chi connectivity index (χ2n) is 5.06. The molecule has 25 heavy (non-hydrogen) atoms. The quantitative estimate of drug-likeness (QED) is 0.308. The summed E-state index contributed by atoms with van der Waals surface area (Å²) in [6.07, 6.45) is 0. The molecule has 0 aliphatic carbocycles. The molecule has 3 aromatic rings. The Balaban J connectivity index is 1.79. The maximum absolute atomic E-state index is 10.7. The molecule has 0 radical (unpaired) electrons. The Labute approximate surface area is 157 Å². The van der Waals surface area contributed by atoms with Gasteiger partial charge in [-0.15, -0.1) is 22.0 Å². The number of nitrogens with zero attached hydrogens (tertiary/aromatic N) is 3. The van der Waals surface area contributed by atoms with Crippen molar-refractivity contribution in [2.75, 3.05) is 0 Å². The van der Waals surface area contributed by atoms with Gasteiger partial charge in [0.15, 0.2) is 0 Å². The zero-order chi connectivity index (χ0) is 18.0. The van der Waals surface area contributed by atoms with Crippen molar-refractivity contribution < 1.29 is 9.34 Å². The van der Waals surface area contributed by atoms with E-state index in [-0.39, 0.29) is 10.9 Å². The SMILES string of the molecule is CC(Sc1c(Cl)cccc1Cl)c1nnc(-c2ccc([N+](=O)[O-])cc2)o1. The Bertz CT molecular complexity index is 895. The molecule has 0 saturated heterocycles. The molecule has 0 amide bonds. The van der Waals surface area contributed by atoms with Gasteiger partial charge in [0.25, 0.3) is 5.69 Å². The largest absolute Gasteiger partial charge is 0.419 e. The van der Waals surface area contributed by atoms with Gasteiger partial charge in [-0.1, -0.05) is 29.3 Å². The number of benzene rings is 2. The second kappa shape index (κ2) is 7.43. The van der Waals surface area contributed by atoms with Crippen LogP contribution in [0.5, 0.6) is 0 Å². The van der Waals surface area contributed by atoms with Crippen molar-refractivity contribution in [3.63, 3.8) is 0 Å². The predicted molar refractivity (Wildman–Crippen MR) is 97.1 cm³/mol. The maximum Gasteiger partial charge on any atom is 0.269 e. The molecule has 128 valence electrons. The van der Waals surface area contributed by atoms with Gasteiger partial charge in [0.05, 0.1) is 20.2 Å². The normalized spacial score (nSPS) is 12.1. The summed E-state index contributed by atoms with van der Waals surface area (Å²) in [6, 6.07) is 11.2. The smallest absolute Gasteiger partial charge is 0.269 e. The van der Waals surface area contributed by atoms with E-state index < -0.39 is 4.92 Å². The number of nitro groups is 1. The lowest BCUT2D eigenvalue weighted by Gasteiger charge is -2.09. The highest BCUT2D eigenvalue weighted by Crippen LogP contribution is 2.42. The van der Waals surface area contributed by atoms with Gasteiger partial charge in [-0.05, 0) is 31.2 Å². The van der Waals surface area contributed by atoms with Gasteiger partial charge in [-0.3, -0.25) is 10.1 Å². The first kappa shape index (κ1) is 17.7. The standard InChI is InChI=1S/C16H11Cl2N3O3S/c1-9(25-14-12(17)3-2-4-13(14)18)15-19-20-16(24-15)10-5-7-11(8-6-10)21(22)23/h2-9H,1H3. The summed E-state index contributed by atoms with van der Waals surface area (Å²) in [6.45, 7) is 1.90. The number of rotatable bonds is 5. The molecule has 2 aromatic carbocycles. The van der Waals surface area contributed by atoms with Crippen molar-refractivity contribution in [1.82, 2.24) is 10.2 Å². The number of thioether (sulfide) groups is 1. The first-order valence-corrected chi connectivity index (χ1v) is 8.78. The summed E-state index contributed by atoms with van der Waals surface area (Å²) in [7, 11) is 0. The second-order valence-corrected chi connectivity index (χ2v) is 7.23. The van der Waals surface area contributed by atoms with Crippen LogP contribution in [0.15, 0.2) is 51.8 Å². The van der Waals surface area contributed by atoms with E-state index in [4.69, 9.17) is 27.6 Å². The van der Waals surface area contributed by atoms with Gasteiger partial charge in [0.2, 0.25) is 11.8 Å². The lowest BCUT2D eigenvalue weighted by Crippen LogP contribution is -1.89. The van der Waals surface area contributed by atoms with Crippen LogP contribution < -0.4 is 0 Å². The molecule has 1 aromatic heterocycles. The molecule has 0 fully saturated rings. The molecule has 1 heterocycles. The molecule has 6 nitrogen and oxygen atoms in total. The van der Waals surface area contributed by atoms with Crippen LogP contribution in [-0.2, 0) is 0 Å². The molecular weight excluding hydrogens is 385 g/mol. The molecule has 9 heteroatoms. The highest BCUT2D eigenvalue weighted by Gasteiger charge is 2.19. The van der Waals surface area contributed by atoms with Crippen molar-refractivity contribution in [3.05, 3.63) is 68.5 Å². The topological polar surface area (TPSA) is 82.1 Å². The molecule has 0 spiro atoms. The fourth-order valence-corrected chi connectivity index (χ4v) is 3.64. The minimum atomic E-state index is -0.463. The Morgan fingerprint density at radius 3 is 2.36 bits per heavy atom. The van der Waals surface area contributed by atoms with E-state index in [1.54, 1.807) is 30.3 Å². The number of hydrogen-bond acceptors (Lipinski definition) is 6. The van der Waals surface area contributed by atoms with E-state index >= 15 is 0 Å². The third-order valence-corrected chi connectivity index (χ3v) is 5.41. The lowest BCUT2D eigenvalue weighted by molar-refractivity contribution is -0.384. The van der Waals surface area contributed by atoms with Crippen molar-refractivity contribution in [3.8, 4) is 11.5 Å². The van der Waals surface area contributed by atoms with E-state index in [0.717, 1.165) is 4.90 Å². The van der Waals surface area contributed by atoms with Crippen LogP contribution in [0, 0.1) is 10.1 Å². The van der Waals surface area contributed by atoms with Gasteiger partial charge in [0, 0.05) is 22.6 Å². The first-order valence-electron chi connectivity index (χ1n) is 7.14. The van der Waals surface area contributed by atoms with Crippen LogP contribution >= 0.6 is 35.0 Å². The molecule has 0 aliphatic rings. The minimum Gasteiger partial charge on any atom is -0.419 e. The highest BCUT2D eigenvalue weighted by molar-refractivity contribution is 7.99. The maximum atomic E-state index is 10.7. The molecule has 0 saturated carbocycles. The third-order valence-electron chi connectivity index (χ3n) is 3.33. The van der Waals surface area contributed by atoms with Crippen molar-refractivity contribution in [2.45, 2.75) is 17.1 Å². The Hall–Kier alpha value is -2.09. The van der Waals surface area contributed by atoms with Crippen LogP contribution in [-0.4, -0.2) is 15.1 Å². The molecule has 1 unspecified atom stereocenters. The minimum absolute atomic E-state index is 0.000716. The van der Waals surface area contributed by atoms with Crippen LogP contribution in [0.1, 0.15) is 18.1 Å². The van der Waals surface area contributed by atoms with Crippen molar-refractivity contribution >= 4 is 40.7 Å². The summed E-state index contributed by atoms with van der Waals surface area (Å²) in [5.74, 6) is 0.706. The van der Waals surface area contributed by atoms with E-state index in [2.05, 4.69) is 10.2 Å². The summed E-state index contributed by atoms with van der Waals surface area (Å²) in [5.41, 5.74) is 0.609. The summed E-state index contributed by atoms with van der Waals surface area (Å²) in [5, 5.41) is 19.7. The van der Waals surface area contributed by atoms with Crippen LogP contribution in [0.3, 0.4) is 0 Å². The van der Waals surface area contributed by atoms with E-state index in [9.17, 15) is 10.1 Å². The predicted octanol–water partition coefficient (Wildman–Crippen LogP) is 5.80. The molecule has 0 N–H and O–H groups in total. The van der Waals surface area contributed by atoms with Crippen LogP contribution in [0.25, 0.3) is 11.5 Å².